The molecule has 7 nitrogen and oxygen atoms in total. The van der Waals surface area contributed by atoms with Crippen LogP contribution in [-0.4, -0.2) is 30.9 Å². The van der Waals surface area contributed by atoms with E-state index in [0.717, 1.165) is 44.2 Å². The second-order valence-corrected chi connectivity index (χ2v) is 9.50. The number of carbonyl (C=O) groups excluding carboxylic acids is 3. The largest absolute Gasteiger partial charge is 0.468 e. The number of dihydropyridines is 1. The summed E-state index contributed by atoms with van der Waals surface area (Å²) in [6, 6.07) is 3.61. The fraction of sp³-hybridized carbons (Fsp3) is 0.577. The second kappa shape index (κ2) is 9.57. The van der Waals surface area contributed by atoms with Crippen molar-refractivity contribution in [3.8, 4) is 0 Å². The first-order valence-corrected chi connectivity index (χ1v) is 11.9. The number of rotatable bonds is 4. The lowest BCUT2D eigenvalue weighted by molar-refractivity contribution is -0.151. The van der Waals surface area contributed by atoms with E-state index in [0.29, 0.717) is 34.8 Å². The number of aryl methyl sites for hydroxylation is 1. The molecule has 2 aliphatic carbocycles. The van der Waals surface area contributed by atoms with Crippen molar-refractivity contribution < 1.29 is 28.3 Å². The van der Waals surface area contributed by atoms with Gasteiger partial charge in [0.2, 0.25) is 0 Å². The van der Waals surface area contributed by atoms with Crippen molar-refractivity contribution in [3.63, 3.8) is 0 Å². The summed E-state index contributed by atoms with van der Waals surface area (Å²) in [6.07, 6.45) is 6.48. The van der Waals surface area contributed by atoms with Gasteiger partial charge in [-0.2, -0.15) is 0 Å². The van der Waals surface area contributed by atoms with E-state index in [9.17, 15) is 14.4 Å². The van der Waals surface area contributed by atoms with Crippen LogP contribution in [0.4, 0.5) is 0 Å². The van der Waals surface area contributed by atoms with Gasteiger partial charge in [-0.05, 0) is 64.0 Å². The molecular formula is C26H33NO6. The quantitative estimate of drug-likeness (QED) is 0.407. The Kier molecular flexibility index (Phi) is 6.77. The second-order valence-electron chi connectivity index (χ2n) is 9.50. The molecule has 0 amide bonds. The van der Waals surface area contributed by atoms with Crippen LogP contribution in [0.1, 0.15) is 76.2 Å². The third kappa shape index (κ3) is 4.50. The van der Waals surface area contributed by atoms with Crippen molar-refractivity contribution in [1.29, 1.82) is 0 Å². The van der Waals surface area contributed by atoms with Crippen LogP contribution in [0.5, 0.6) is 0 Å². The standard InChI is InChI=1S/C26H33NO6/c1-14-13-18-22(24(28)20(14)25(29)31-4)23(19-12-11-15(2)32-19)21(16(3)27-18)26(30)33-17-9-7-5-6-8-10-17/h11-12,14,17,20,23,27H,5-10,13H2,1-4H3/t14-,20-,23+/m0/s1. The van der Waals surface area contributed by atoms with Gasteiger partial charge < -0.3 is 19.2 Å². The van der Waals surface area contributed by atoms with Crippen LogP contribution in [-0.2, 0) is 23.9 Å². The number of Topliss-reactive ketones (excluding diaryl/α,β-unsaturated/α-hetero) is 1. The van der Waals surface area contributed by atoms with E-state index < -0.39 is 23.8 Å². The predicted molar refractivity (Wildman–Crippen MR) is 121 cm³/mol. The van der Waals surface area contributed by atoms with Gasteiger partial charge in [0, 0.05) is 17.0 Å². The maximum absolute atomic E-state index is 13.7. The molecule has 2 heterocycles. The van der Waals surface area contributed by atoms with E-state index in [1.54, 1.807) is 6.07 Å². The molecule has 178 valence electrons. The van der Waals surface area contributed by atoms with Gasteiger partial charge in [-0.25, -0.2) is 4.79 Å². The van der Waals surface area contributed by atoms with Crippen molar-refractivity contribution >= 4 is 17.7 Å². The van der Waals surface area contributed by atoms with E-state index in [4.69, 9.17) is 13.9 Å². The van der Waals surface area contributed by atoms with Crippen LogP contribution in [0.2, 0.25) is 0 Å². The molecule has 0 bridgehead atoms. The van der Waals surface area contributed by atoms with Crippen LogP contribution in [0.15, 0.2) is 39.1 Å². The molecule has 0 spiro atoms. The molecule has 0 aromatic carbocycles. The summed E-state index contributed by atoms with van der Waals surface area (Å²) in [4.78, 5) is 39.6. The monoisotopic (exact) mass is 455 g/mol. The van der Waals surface area contributed by atoms with Crippen molar-refractivity contribution in [1.82, 2.24) is 5.32 Å². The van der Waals surface area contributed by atoms with Gasteiger partial charge in [-0.3, -0.25) is 9.59 Å². The Balaban J connectivity index is 1.74. The van der Waals surface area contributed by atoms with Gasteiger partial charge in [0.15, 0.2) is 5.78 Å². The number of esters is 2. The fourth-order valence-electron chi connectivity index (χ4n) is 5.42. The zero-order valence-electron chi connectivity index (χ0n) is 19.9. The Labute approximate surface area is 194 Å². The van der Waals surface area contributed by atoms with E-state index in [-0.39, 0.29) is 17.8 Å². The SMILES string of the molecule is COC(=O)[C@@H]1C(=O)C2=C(C[C@@H]1C)NC(C)=C(C(=O)OC1CCCCCC1)[C@H]2c1ccc(C)o1. The van der Waals surface area contributed by atoms with Crippen LogP contribution >= 0.6 is 0 Å². The maximum atomic E-state index is 13.7. The zero-order chi connectivity index (χ0) is 23.7. The summed E-state index contributed by atoms with van der Waals surface area (Å²) in [6.45, 7) is 5.52. The first kappa shape index (κ1) is 23.3. The lowest BCUT2D eigenvalue weighted by atomic mass is 9.70. The summed E-state index contributed by atoms with van der Waals surface area (Å²) in [5.41, 5.74) is 2.16. The molecule has 1 aromatic rings. The lowest BCUT2D eigenvalue weighted by Gasteiger charge is -2.37. The highest BCUT2D eigenvalue weighted by atomic mass is 16.5. The molecule has 1 aromatic heterocycles. The van der Waals surface area contributed by atoms with Gasteiger partial charge in [0.25, 0.3) is 0 Å². The summed E-state index contributed by atoms with van der Waals surface area (Å²) >= 11 is 0. The lowest BCUT2D eigenvalue weighted by Crippen LogP contribution is -2.43. The van der Waals surface area contributed by atoms with E-state index in [2.05, 4.69) is 5.32 Å². The van der Waals surface area contributed by atoms with Gasteiger partial charge in [-0.1, -0.05) is 19.8 Å². The zero-order valence-corrected chi connectivity index (χ0v) is 19.9. The summed E-state index contributed by atoms with van der Waals surface area (Å²) in [7, 11) is 1.29. The summed E-state index contributed by atoms with van der Waals surface area (Å²) in [5.74, 6) is -1.98. The maximum Gasteiger partial charge on any atom is 0.337 e. The molecular weight excluding hydrogens is 422 g/mol. The van der Waals surface area contributed by atoms with Gasteiger partial charge >= 0.3 is 11.9 Å². The molecule has 3 atom stereocenters. The van der Waals surface area contributed by atoms with Crippen LogP contribution in [0.25, 0.3) is 0 Å². The number of carbonyl (C=O) groups is 3. The normalized spacial score (nSPS) is 26.4. The molecule has 4 rings (SSSR count). The Hall–Kier alpha value is -2.83. The van der Waals surface area contributed by atoms with Crippen LogP contribution in [0, 0.1) is 18.8 Å². The smallest absolute Gasteiger partial charge is 0.337 e. The number of methoxy groups -OCH3 is 1. The molecule has 7 heteroatoms. The molecule has 1 fully saturated rings. The topological polar surface area (TPSA) is 94.8 Å². The number of allylic oxidation sites excluding steroid dienone is 3. The fourth-order valence-corrected chi connectivity index (χ4v) is 5.42. The minimum Gasteiger partial charge on any atom is -0.468 e. The Morgan fingerprint density at radius 3 is 2.39 bits per heavy atom. The number of ether oxygens (including phenoxy) is 2. The van der Waals surface area contributed by atoms with Crippen molar-refractivity contribution in [3.05, 3.63) is 46.2 Å². The molecule has 33 heavy (non-hydrogen) atoms. The van der Waals surface area contributed by atoms with Crippen molar-refractivity contribution in [2.75, 3.05) is 7.11 Å². The number of nitrogens with one attached hydrogen (secondary N) is 1. The first-order valence-electron chi connectivity index (χ1n) is 11.9. The molecule has 0 unspecified atom stereocenters. The average Bonchev–Trinajstić information content (AvgIpc) is 3.03. The van der Waals surface area contributed by atoms with Crippen molar-refractivity contribution in [2.24, 2.45) is 11.8 Å². The molecule has 1 saturated carbocycles. The van der Waals surface area contributed by atoms with E-state index >= 15 is 0 Å². The van der Waals surface area contributed by atoms with Gasteiger partial charge in [0.05, 0.1) is 18.6 Å². The molecule has 0 saturated heterocycles. The van der Waals surface area contributed by atoms with Gasteiger partial charge in [0.1, 0.15) is 23.5 Å². The van der Waals surface area contributed by atoms with E-state index in [1.807, 2.05) is 26.8 Å². The third-order valence-electron chi connectivity index (χ3n) is 7.08. The highest BCUT2D eigenvalue weighted by Crippen LogP contribution is 2.46. The van der Waals surface area contributed by atoms with Crippen LogP contribution in [0.3, 0.4) is 0 Å². The number of ketones is 1. The molecule has 0 radical (unpaired) electrons. The summed E-state index contributed by atoms with van der Waals surface area (Å²) in [5, 5.41) is 3.29. The number of hydrogen-bond donors (Lipinski definition) is 1. The highest BCUT2D eigenvalue weighted by molar-refractivity contribution is 6.12. The third-order valence-corrected chi connectivity index (χ3v) is 7.08. The Bertz CT molecular complexity index is 1010. The highest BCUT2D eigenvalue weighted by Gasteiger charge is 2.48. The minimum atomic E-state index is -0.911. The molecule has 1 aliphatic heterocycles. The van der Waals surface area contributed by atoms with E-state index in [1.165, 1.54) is 7.11 Å². The first-order chi connectivity index (χ1) is 15.8. The number of furan rings is 1. The summed E-state index contributed by atoms with van der Waals surface area (Å²) < 4.78 is 16.8. The Morgan fingerprint density at radius 1 is 1.09 bits per heavy atom. The number of hydrogen-bond acceptors (Lipinski definition) is 7. The average molecular weight is 456 g/mol. The molecule has 1 N–H and O–H groups in total. The Morgan fingerprint density at radius 2 is 1.79 bits per heavy atom. The molecule has 3 aliphatic rings. The predicted octanol–water partition coefficient (Wildman–Crippen LogP) is 4.47. The van der Waals surface area contributed by atoms with Crippen molar-refractivity contribution in [2.45, 2.75) is 77.7 Å². The van der Waals surface area contributed by atoms with Crippen LogP contribution < -0.4 is 5.32 Å². The van der Waals surface area contributed by atoms with Gasteiger partial charge in [-0.15, -0.1) is 0 Å². The minimum absolute atomic E-state index is 0.125.